The molecule has 32 heavy (non-hydrogen) atoms. The van der Waals surface area contributed by atoms with Gasteiger partial charge in [-0.2, -0.15) is 22.9 Å². The standard InChI is InChI=1S/C22H12BrClF3N3O2/c23-16-8-12(9-17(24)19(16)31)11-28-30-20(13-4-3-5-14(10-13)22(25,26)27)29-18-7-2-1-6-15(18)21(30)32/h1-11,31H. The van der Waals surface area contributed by atoms with Crippen molar-refractivity contribution in [3.8, 4) is 17.1 Å². The first-order valence-corrected chi connectivity index (χ1v) is 10.2. The van der Waals surface area contributed by atoms with Crippen LogP contribution in [0.3, 0.4) is 0 Å². The zero-order valence-corrected chi connectivity index (χ0v) is 18.3. The van der Waals surface area contributed by atoms with Gasteiger partial charge in [-0.05, 0) is 57.9 Å². The maximum Gasteiger partial charge on any atom is 0.416 e. The fourth-order valence-electron chi connectivity index (χ4n) is 3.04. The molecule has 4 rings (SSSR count). The molecule has 162 valence electrons. The van der Waals surface area contributed by atoms with E-state index in [1.807, 2.05) is 0 Å². The lowest BCUT2D eigenvalue weighted by molar-refractivity contribution is -0.137. The lowest BCUT2D eigenvalue weighted by atomic mass is 10.1. The molecule has 0 bridgehead atoms. The van der Waals surface area contributed by atoms with Gasteiger partial charge in [-0.1, -0.05) is 35.9 Å². The Morgan fingerprint density at radius 2 is 1.84 bits per heavy atom. The van der Waals surface area contributed by atoms with Crippen molar-refractivity contribution in [1.29, 1.82) is 0 Å². The average molecular weight is 523 g/mol. The number of rotatable bonds is 3. The summed E-state index contributed by atoms with van der Waals surface area (Å²) >= 11 is 9.13. The number of aromatic nitrogens is 2. The third-order valence-corrected chi connectivity index (χ3v) is 5.46. The molecule has 0 radical (unpaired) electrons. The lowest BCUT2D eigenvalue weighted by Gasteiger charge is -2.12. The number of fused-ring (bicyclic) bond motifs is 1. The SMILES string of the molecule is O=c1c2ccccc2nc(-c2cccc(C(F)(F)F)c2)n1N=Cc1cc(Cl)c(O)c(Br)c1. The number of phenols is 1. The second-order valence-corrected chi connectivity index (χ2v) is 7.99. The Hall–Kier alpha value is -3.17. The molecule has 3 aromatic carbocycles. The van der Waals surface area contributed by atoms with Crippen LogP contribution in [0.5, 0.6) is 5.75 Å². The summed E-state index contributed by atoms with van der Waals surface area (Å²) in [5.41, 5.74) is -0.586. The maximum atomic E-state index is 13.2. The van der Waals surface area contributed by atoms with Crippen molar-refractivity contribution in [1.82, 2.24) is 9.66 Å². The molecule has 0 amide bonds. The highest BCUT2D eigenvalue weighted by Crippen LogP contribution is 2.33. The molecular weight excluding hydrogens is 511 g/mol. The Morgan fingerprint density at radius 1 is 1.09 bits per heavy atom. The minimum Gasteiger partial charge on any atom is -0.505 e. The first kappa shape index (κ1) is 22.0. The largest absolute Gasteiger partial charge is 0.505 e. The molecule has 0 unspecified atom stereocenters. The van der Waals surface area contributed by atoms with E-state index in [-0.39, 0.29) is 27.5 Å². The van der Waals surface area contributed by atoms with Gasteiger partial charge in [0.15, 0.2) is 5.82 Å². The third kappa shape index (κ3) is 4.26. The predicted molar refractivity (Wildman–Crippen MR) is 120 cm³/mol. The number of halogens is 5. The molecule has 4 aromatic rings. The van der Waals surface area contributed by atoms with Crippen LogP contribution >= 0.6 is 27.5 Å². The van der Waals surface area contributed by atoms with Crippen LogP contribution in [-0.2, 0) is 6.18 Å². The third-order valence-electron chi connectivity index (χ3n) is 4.56. The highest BCUT2D eigenvalue weighted by molar-refractivity contribution is 9.10. The minimum atomic E-state index is -4.56. The van der Waals surface area contributed by atoms with Gasteiger partial charge in [0, 0.05) is 5.56 Å². The molecule has 5 nitrogen and oxygen atoms in total. The number of aromatic hydroxyl groups is 1. The van der Waals surface area contributed by atoms with Crippen molar-refractivity contribution < 1.29 is 18.3 Å². The summed E-state index contributed by atoms with van der Waals surface area (Å²) in [6.45, 7) is 0. The van der Waals surface area contributed by atoms with Crippen LogP contribution in [-0.4, -0.2) is 21.0 Å². The molecule has 0 aliphatic carbocycles. The summed E-state index contributed by atoms with van der Waals surface area (Å²) in [4.78, 5) is 17.5. The fraction of sp³-hybridized carbons (Fsp3) is 0.0455. The summed E-state index contributed by atoms with van der Waals surface area (Å²) in [6, 6.07) is 13.9. The van der Waals surface area contributed by atoms with Crippen LogP contribution in [0.1, 0.15) is 11.1 Å². The van der Waals surface area contributed by atoms with Crippen LogP contribution in [0, 0.1) is 0 Å². The molecule has 1 heterocycles. The quantitative estimate of drug-likeness (QED) is 0.331. The van der Waals surface area contributed by atoms with E-state index in [9.17, 15) is 23.1 Å². The van der Waals surface area contributed by atoms with Gasteiger partial charge in [-0.15, -0.1) is 0 Å². The predicted octanol–water partition coefficient (Wildman–Crippen LogP) is 6.09. The smallest absolute Gasteiger partial charge is 0.416 e. The van der Waals surface area contributed by atoms with Crippen molar-refractivity contribution in [3.05, 3.63) is 91.6 Å². The number of benzene rings is 3. The topological polar surface area (TPSA) is 67.5 Å². The molecule has 0 spiro atoms. The molecule has 1 N–H and O–H groups in total. The van der Waals surface area contributed by atoms with Crippen LogP contribution < -0.4 is 5.56 Å². The van der Waals surface area contributed by atoms with E-state index in [4.69, 9.17) is 11.6 Å². The van der Waals surface area contributed by atoms with Gasteiger partial charge in [0.25, 0.3) is 5.56 Å². The second-order valence-electron chi connectivity index (χ2n) is 6.73. The molecule has 10 heteroatoms. The van der Waals surface area contributed by atoms with Gasteiger partial charge in [-0.25, -0.2) is 4.98 Å². The number of hydrogen-bond donors (Lipinski definition) is 1. The Bertz CT molecular complexity index is 1410. The fourth-order valence-corrected chi connectivity index (χ4v) is 3.86. The number of hydrogen-bond acceptors (Lipinski definition) is 4. The van der Waals surface area contributed by atoms with Crippen molar-refractivity contribution in [3.63, 3.8) is 0 Å². The number of para-hydroxylation sites is 1. The highest BCUT2D eigenvalue weighted by Gasteiger charge is 2.31. The molecule has 0 saturated carbocycles. The minimum absolute atomic E-state index is 0.0556. The van der Waals surface area contributed by atoms with Crippen LogP contribution in [0.25, 0.3) is 22.3 Å². The van der Waals surface area contributed by atoms with E-state index in [1.165, 1.54) is 30.5 Å². The summed E-state index contributed by atoms with van der Waals surface area (Å²) in [5, 5.41) is 14.3. The molecule has 0 aliphatic heterocycles. The summed E-state index contributed by atoms with van der Waals surface area (Å²) in [5.74, 6) is -0.210. The maximum absolute atomic E-state index is 13.2. The molecule has 0 aliphatic rings. The van der Waals surface area contributed by atoms with Crippen molar-refractivity contribution in [2.75, 3.05) is 0 Å². The van der Waals surface area contributed by atoms with E-state index in [2.05, 4.69) is 26.0 Å². The Morgan fingerprint density at radius 3 is 2.56 bits per heavy atom. The number of alkyl halides is 3. The molecule has 0 fully saturated rings. The molecule has 0 saturated heterocycles. The monoisotopic (exact) mass is 521 g/mol. The summed E-state index contributed by atoms with van der Waals surface area (Å²) in [7, 11) is 0. The van der Waals surface area contributed by atoms with Gasteiger partial charge >= 0.3 is 6.18 Å². The first-order chi connectivity index (χ1) is 15.1. The first-order valence-electron chi connectivity index (χ1n) is 9.07. The van der Waals surface area contributed by atoms with Gasteiger partial charge < -0.3 is 5.11 Å². The Labute approximate surface area is 192 Å². The van der Waals surface area contributed by atoms with Gasteiger partial charge in [-0.3, -0.25) is 4.79 Å². The van der Waals surface area contributed by atoms with Crippen molar-refractivity contribution in [2.45, 2.75) is 6.18 Å². The zero-order valence-electron chi connectivity index (χ0n) is 15.9. The van der Waals surface area contributed by atoms with Crippen molar-refractivity contribution in [2.24, 2.45) is 5.10 Å². The number of nitrogens with zero attached hydrogens (tertiary/aromatic N) is 3. The molecule has 0 atom stereocenters. The van der Waals surface area contributed by atoms with E-state index < -0.39 is 17.3 Å². The molecular formula is C22H12BrClF3N3O2. The van der Waals surface area contributed by atoms with Crippen LogP contribution in [0.15, 0.2) is 75.0 Å². The van der Waals surface area contributed by atoms with Gasteiger partial charge in [0.05, 0.1) is 32.2 Å². The normalized spacial score (nSPS) is 12.0. The number of phenolic OH excluding ortho intramolecular Hbond substituents is 1. The summed E-state index contributed by atoms with van der Waals surface area (Å²) < 4.78 is 41.0. The van der Waals surface area contributed by atoms with E-state index >= 15 is 0 Å². The van der Waals surface area contributed by atoms with Crippen molar-refractivity contribution >= 4 is 44.6 Å². The van der Waals surface area contributed by atoms with Crippen LogP contribution in [0.4, 0.5) is 13.2 Å². The molecule has 1 aromatic heterocycles. The van der Waals surface area contributed by atoms with Gasteiger partial charge in [0.1, 0.15) is 5.75 Å². The van der Waals surface area contributed by atoms with E-state index in [1.54, 1.807) is 24.3 Å². The Kier molecular flexibility index (Phi) is 5.79. The Balaban J connectivity index is 1.94. The van der Waals surface area contributed by atoms with Gasteiger partial charge in [0.2, 0.25) is 0 Å². The van der Waals surface area contributed by atoms with Crippen LogP contribution in [0.2, 0.25) is 5.02 Å². The van der Waals surface area contributed by atoms with E-state index in [0.29, 0.717) is 15.6 Å². The lowest BCUT2D eigenvalue weighted by Crippen LogP contribution is -2.20. The zero-order chi connectivity index (χ0) is 23.0. The van der Waals surface area contributed by atoms with E-state index in [0.717, 1.165) is 16.8 Å². The summed E-state index contributed by atoms with van der Waals surface area (Å²) in [6.07, 6.45) is -3.26. The highest BCUT2D eigenvalue weighted by atomic mass is 79.9. The second kappa shape index (κ2) is 8.40. The average Bonchev–Trinajstić information content (AvgIpc) is 2.76.